The molecule has 0 spiro atoms. The first kappa shape index (κ1) is 17.9. The molecule has 0 aromatic heterocycles. The molecule has 0 aliphatic carbocycles. The molecule has 0 bridgehead atoms. The van der Waals surface area contributed by atoms with Crippen LogP contribution in [0.25, 0.3) is 0 Å². The highest BCUT2D eigenvalue weighted by molar-refractivity contribution is 5.84. The largest absolute Gasteiger partial charge is 0.480 e. The van der Waals surface area contributed by atoms with E-state index in [4.69, 9.17) is 9.84 Å². The summed E-state index contributed by atoms with van der Waals surface area (Å²) >= 11 is 0. The molecule has 1 amide bonds. The molecule has 2 atom stereocenters. The van der Waals surface area contributed by atoms with Gasteiger partial charge in [0.05, 0.1) is 5.60 Å². The molecule has 0 radical (unpaired) electrons. The van der Waals surface area contributed by atoms with E-state index in [1.807, 2.05) is 34.6 Å². The Bertz CT molecular complexity index is 296. The van der Waals surface area contributed by atoms with E-state index in [2.05, 4.69) is 5.32 Å². The van der Waals surface area contributed by atoms with Crippen molar-refractivity contribution in [2.75, 3.05) is 6.61 Å². The van der Waals surface area contributed by atoms with Gasteiger partial charge < -0.3 is 15.2 Å². The minimum absolute atomic E-state index is 0.157. The third-order valence-electron chi connectivity index (χ3n) is 2.73. The van der Waals surface area contributed by atoms with Crippen LogP contribution in [0.3, 0.4) is 0 Å². The van der Waals surface area contributed by atoms with Crippen LogP contribution in [-0.2, 0) is 14.3 Å². The van der Waals surface area contributed by atoms with Crippen LogP contribution in [0, 0.1) is 5.92 Å². The molecule has 0 fully saturated rings. The van der Waals surface area contributed by atoms with Gasteiger partial charge in [0.25, 0.3) is 0 Å². The topological polar surface area (TPSA) is 75.6 Å². The molecule has 5 nitrogen and oxygen atoms in total. The second-order valence-electron chi connectivity index (χ2n) is 5.84. The second kappa shape index (κ2) is 8.15. The average molecular weight is 273 g/mol. The van der Waals surface area contributed by atoms with Gasteiger partial charge in [-0.1, -0.05) is 20.3 Å². The van der Waals surface area contributed by atoms with Gasteiger partial charge >= 0.3 is 5.97 Å². The summed E-state index contributed by atoms with van der Waals surface area (Å²) in [5, 5.41) is 11.7. The molecule has 0 heterocycles. The molecule has 0 aliphatic rings. The van der Waals surface area contributed by atoms with E-state index >= 15 is 0 Å². The summed E-state index contributed by atoms with van der Waals surface area (Å²) in [5.41, 5.74) is -0.303. The number of nitrogens with one attached hydrogen (secondary N) is 1. The molecule has 0 aromatic rings. The standard InChI is InChI=1S/C14H27NO4/c1-6-7-10(2)12(16)15-11(13(17)18)8-9-19-14(3,4)5/h10-11H,6-9H2,1-5H3,(H,15,16)(H,17,18). The van der Waals surface area contributed by atoms with E-state index in [0.717, 1.165) is 12.8 Å². The van der Waals surface area contributed by atoms with E-state index in [9.17, 15) is 9.59 Å². The van der Waals surface area contributed by atoms with Crippen LogP contribution in [-0.4, -0.2) is 35.2 Å². The van der Waals surface area contributed by atoms with Gasteiger partial charge in [-0.3, -0.25) is 4.79 Å². The molecule has 0 saturated carbocycles. The van der Waals surface area contributed by atoms with Crippen LogP contribution in [0.5, 0.6) is 0 Å². The molecule has 19 heavy (non-hydrogen) atoms. The Morgan fingerprint density at radius 3 is 2.26 bits per heavy atom. The van der Waals surface area contributed by atoms with Crippen LogP contribution < -0.4 is 5.32 Å². The summed E-state index contributed by atoms with van der Waals surface area (Å²) in [6.07, 6.45) is 1.94. The fraction of sp³-hybridized carbons (Fsp3) is 0.857. The van der Waals surface area contributed by atoms with Gasteiger partial charge in [0.15, 0.2) is 0 Å². The van der Waals surface area contributed by atoms with Crippen molar-refractivity contribution in [3.8, 4) is 0 Å². The SMILES string of the molecule is CCCC(C)C(=O)NC(CCOC(C)(C)C)C(=O)O. The van der Waals surface area contributed by atoms with Crippen molar-refractivity contribution in [1.82, 2.24) is 5.32 Å². The molecule has 0 aliphatic heterocycles. The van der Waals surface area contributed by atoms with Gasteiger partial charge in [-0.05, 0) is 27.2 Å². The van der Waals surface area contributed by atoms with Gasteiger partial charge in [0.1, 0.15) is 6.04 Å². The van der Waals surface area contributed by atoms with E-state index in [1.54, 1.807) is 0 Å². The predicted octanol–water partition coefficient (Wildman–Crippen LogP) is 2.20. The third-order valence-corrected chi connectivity index (χ3v) is 2.73. The van der Waals surface area contributed by atoms with Crippen LogP contribution >= 0.6 is 0 Å². The van der Waals surface area contributed by atoms with Crippen molar-refractivity contribution in [1.29, 1.82) is 0 Å². The van der Waals surface area contributed by atoms with Crippen molar-refractivity contribution in [3.63, 3.8) is 0 Å². The lowest BCUT2D eigenvalue weighted by Gasteiger charge is -2.22. The van der Waals surface area contributed by atoms with Crippen LogP contribution in [0.15, 0.2) is 0 Å². The van der Waals surface area contributed by atoms with Gasteiger partial charge in [-0.25, -0.2) is 4.79 Å². The monoisotopic (exact) mass is 273 g/mol. The fourth-order valence-corrected chi connectivity index (χ4v) is 1.62. The molecule has 5 heteroatoms. The number of aliphatic carboxylic acids is 1. The fourth-order valence-electron chi connectivity index (χ4n) is 1.62. The summed E-state index contributed by atoms with van der Waals surface area (Å²) in [6, 6.07) is -0.880. The number of hydrogen-bond donors (Lipinski definition) is 2. The number of carbonyl (C=O) groups excluding carboxylic acids is 1. The Balaban J connectivity index is 4.27. The van der Waals surface area contributed by atoms with E-state index in [0.29, 0.717) is 6.61 Å². The minimum atomic E-state index is -1.02. The van der Waals surface area contributed by atoms with E-state index < -0.39 is 12.0 Å². The summed E-state index contributed by atoms with van der Waals surface area (Å²) in [4.78, 5) is 22.9. The van der Waals surface area contributed by atoms with Crippen molar-refractivity contribution < 1.29 is 19.4 Å². The summed E-state index contributed by atoms with van der Waals surface area (Å²) in [7, 11) is 0. The molecule has 0 saturated heterocycles. The molecule has 0 aromatic carbocycles. The Labute approximate surface area is 115 Å². The van der Waals surface area contributed by atoms with Crippen molar-refractivity contribution in [2.24, 2.45) is 5.92 Å². The quantitative estimate of drug-likeness (QED) is 0.711. The van der Waals surface area contributed by atoms with Gasteiger partial charge in [0, 0.05) is 18.9 Å². The molecule has 0 rings (SSSR count). The normalized spacial score (nSPS) is 14.8. The summed E-state index contributed by atoms with van der Waals surface area (Å²) < 4.78 is 5.48. The second-order valence-corrected chi connectivity index (χ2v) is 5.84. The number of carboxylic acids is 1. The van der Waals surface area contributed by atoms with Crippen molar-refractivity contribution >= 4 is 11.9 Å². The predicted molar refractivity (Wildman–Crippen MR) is 74.0 cm³/mol. The highest BCUT2D eigenvalue weighted by Gasteiger charge is 2.23. The smallest absolute Gasteiger partial charge is 0.326 e. The highest BCUT2D eigenvalue weighted by Crippen LogP contribution is 2.09. The number of amides is 1. The van der Waals surface area contributed by atoms with Crippen LogP contribution in [0.4, 0.5) is 0 Å². The Morgan fingerprint density at radius 1 is 1.26 bits per heavy atom. The summed E-state index contributed by atoms with van der Waals surface area (Å²) in [5.74, 6) is -1.38. The van der Waals surface area contributed by atoms with E-state index in [-0.39, 0.29) is 23.8 Å². The number of hydrogen-bond acceptors (Lipinski definition) is 3. The van der Waals surface area contributed by atoms with Crippen LogP contribution in [0.1, 0.15) is 53.9 Å². The number of carbonyl (C=O) groups is 2. The number of carboxylic acid groups (broad SMARTS) is 1. The molecule has 112 valence electrons. The first-order valence-corrected chi connectivity index (χ1v) is 6.84. The molecule has 2 unspecified atom stereocenters. The van der Waals surface area contributed by atoms with Crippen molar-refractivity contribution in [2.45, 2.75) is 65.5 Å². The lowest BCUT2D eigenvalue weighted by molar-refractivity contribution is -0.143. The van der Waals surface area contributed by atoms with Gasteiger partial charge in [-0.2, -0.15) is 0 Å². The zero-order valence-corrected chi connectivity index (χ0v) is 12.7. The first-order chi connectivity index (χ1) is 8.67. The lowest BCUT2D eigenvalue weighted by Crippen LogP contribution is -2.44. The van der Waals surface area contributed by atoms with Crippen LogP contribution in [0.2, 0.25) is 0 Å². The van der Waals surface area contributed by atoms with E-state index in [1.165, 1.54) is 0 Å². The van der Waals surface area contributed by atoms with Gasteiger partial charge in [0.2, 0.25) is 5.91 Å². The molecule has 2 N–H and O–H groups in total. The highest BCUT2D eigenvalue weighted by atomic mass is 16.5. The number of ether oxygens (including phenoxy) is 1. The lowest BCUT2D eigenvalue weighted by atomic mass is 10.0. The molecular weight excluding hydrogens is 246 g/mol. The Morgan fingerprint density at radius 2 is 1.84 bits per heavy atom. The first-order valence-electron chi connectivity index (χ1n) is 6.84. The average Bonchev–Trinajstić information content (AvgIpc) is 2.25. The third kappa shape index (κ3) is 8.59. The minimum Gasteiger partial charge on any atom is -0.480 e. The zero-order valence-electron chi connectivity index (χ0n) is 12.7. The Kier molecular flexibility index (Phi) is 7.68. The maximum Gasteiger partial charge on any atom is 0.326 e. The van der Waals surface area contributed by atoms with Gasteiger partial charge in [-0.15, -0.1) is 0 Å². The van der Waals surface area contributed by atoms with Crippen molar-refractivity contribution in [3.05, 3.63) is 0 Å². The maximum atomic E-state index is 11.8. The maximum absolute atomic E-state index is 11.8. The Hall–Kier alpha value is -1.10. The number of rotatable bonds is 8. The summed E-state index contributed by atoms with van der Waals surface area (Å²) in [6.45, 7) is 9.84. The molecular formula is C14H27NO4. The zero-order chi connectivity index (χ0) is 15.1.